The first-order valence-corrected chi connectivity index (χ1v) is 9.31. The second kappa shape index (κ2) is 8.10. The predicted molar refractivity (Wildman–Crippen MR) is 94.0 cm³/mol. The zero-order valence-corrected chi connectivity index (χ0v) is 15.1. The number of rotatable bonds is 5. The molecule has 1 aromatic carbocycles. The maximum atomic E-state index is 13.2. The van der Waals surface area contributed by atoms with E-state index in [0.717, 1.165) is 31.5 Å². The van der Waals surface area contributed by atoms with Gasteiger partial charge in [-0.15, -0.1) is 5.10 Å². The van der Waals surface area contributed by atoms with Crippen molar-refractivity contribution >= 4 is 5.91 Å². The van der Waals surface area contributed by atoms with Gasteiger partial charge < -0.3 is 9.64 Å². The molecule has 2 aromatic rings. The fraction of sp³-hybridized carbons (Fsp3) is 0.556. The highest BCUT2D eigenvalue weighted by Crippen LogP contribution is 2.32. The van der Waals surface area contributed by atoms with Crippen molar-refractivity contribution < 1.29 is 13.9 Å². The number of aromatic nitrogens is 4. The summed E-state index contributed by atoms with van der Waals surface area (Å²) < 4.78 is 20.1. The van der Waals surface area contributed by atoms with Crippen molar-refractivity contribution in [2.75, 3.05) is 32.8 Å². The molecule has 27 heavy (non-hydrogen) atoms. The van der Waals surface area contributed by atoms with Crippen molar-refractivity contribution in [1.29, 1.82) is 0 Å². The zero-order valence-electron chi connectivity index (χ0n) is 15.1. The van der Waals surface area contributed by atoms with Crippen molar-refractivity contribution in [3.63, 3.8) is 0 Å². The van der Waals surface area contributed by atoms with Gasteiger partial charge in [-0.05, 0) is 41.0 Å². The van der Waals surface area contributed by atoms with E-state index in [-0.39, 0.29) is 24.3 Å². The van der Waals surface area contributed by atoms with E-state index < -0.39 is 0 Å². The first-order chi connectivity index (χ1) is 13.2. The van der Waals surface area contributed by atoms with Gasteiger partial charge in [0.1, 0.15) is 12.4 Å². The van der Waals surface area contributed by atoms with E-state index in [0.29, 0.717) is 32.1 Å². The highest BCUT2D eigenvalue weighted by Gasteiger charge is 2.30. The molecular formula is C18H23FN6O2. The molecule has 4 rings (SSSR count). The predicted octanol–water partition coefficient (Wildman–Crippen LogP) is 1.01. The fourth-order valence-corrected chi connectivity index (χ4v) is 3.73. The molecular weight excluding hydrogens is 351 g/mol. The third-order valence-electron chi connectivity index (χ3n) is 5.19. The molecule has 2 saturated heterocycles. The number of amides is 1. The molecule has 0 N–H and O–H groups in total. The molecule has 2 fully saturated rings. The third-order valence-corrected chi connectivity index (χ3v) is 5.19. The van der Waals surface area contributed by atoms with Gasteiger partial charge in [-0.2, -0.15) is 0 Å². The quantitative estimate of drug-likeness (QED) is 0.777. The van der Waals surface area contributed by atoms with Gasteiger partial charge in [0.25, 0.3) is 0 Å². The van der Waals surface area contributed by atoms with E-state index in [1.54, 1.807) is 16.8 Å². The Hall–Kier alpha value is -2.39. The van der Waals surface area contributed by atoms with Gasteiger partial charge in [0, 0.05) is 19.6 Å². The normalized spacial score (nSPS) is 20.9. The summed E-state index contributed by atoms with van der Waals surface area (Å²) in [4.78, 5) is 17.0. The number of morpholine rings is 1. The molecule has 0 aliphatic carbocycles. The first kappa shape index (κ1) is 18.0. The van der Waals surface area contributed by atoms with Gasteiger partial charge in [-0.3, -0.25) is 9.69 Å². The van der Waals surface area contributed by atoms with Gasteiger partial charge in [-0.1, -0.05) is 12.1 Å². The van der Waals surface area contributed by atoms with E-state index in [1.165, 1.54) is 12.1 Å². The molecule has 144 valence electrons. The Kier molecular flexibility index (Phi) is 5.40. The standard InChI is InChI=1S/C18H23FN6O2/c19-15-5-3-14(4-6-15)16-2-1-7-24(16)18(26)13-25-17(20-21-22-25)12-23-8-10-27-11-9-23/h3-6,16H,1-2,7-13H2/t16-/m1/s1. The lowest BCUT2D eigenvalue weighted by Crippen LogP contribution is -2.37. The molecule has 0 spiro atoms. The van der Waals surface area contributed by atoms with E-state index >= 15 is 0 Å². The number of ether oxygens (including phenoxy) is 1. The number of benzene rings is 1. The summed E-state index contributed by atoms with van der Waals surface area (Å²) in [6.07, 6.45) is 1.82. The number of tetrazole rings is 1. The van der Waals surface area contributed by atoms with Crippen LogP contribution in [0.1, 0.15) is 30.3 Å². The number of hydrogen-bond acceptors (Lipinski definition) is 6. The fourth-order valence-electron chi connectivity index (χ4n) is 3.73. The van der Waals surface area contributed by atoms with Crippen molar-refractivity contribution in [2.45, 2.75) is 32.0 Å². The Morgan fingerprint density at radius 1 is 1.19 bits per heavy atom. The van der Waals surface area contributed by atoms with Gasteiger partial charge in [-0.25, -0.2) is 9.07 Å². The Balaban J connectivity index is 1.42. The second-order valence-electron chi connectivity index (χ2n) is 6.94. The summed E-state index contributed by atoms with van der Waals surface area (Å²) in [6, 6.07) is 6.38. The van der Waals surface area contributed by atoms with Crippen LogP contribution in [0.3, 0.4) is 0 Å². The van der Waals surface area contributed by atoms with Crippen molar-refractivity contribution in [3.8, 4) is 0 Å². The van der Waals surface area contributed by atoms with Crippen LogP contribution in [0.15, 0.2) is 24.3 Å². The molecule has 3 heterocycles. The summed E-state index contributed by atoms with van der Waals surface area (Å²) in [7, 11) is 0. The number of nitrogens with zero attached hydrogens (tertiary/aromatic N) is 6. The molecule has 0 saturated carbocycles. The molecule has 2 aliphatic rings. The number of carbonyl (C=O) groups excluding carboxylic acids is 1. The lowest BCUT2D eigenvalue weighted by Gasteiger charge is -2.27. The first-order valence-electron chi connectivity index (χ1n) is 9.31. The highest BCUT2D eigenvalue weighted by molar-refractivity contribution is 5.76. The minimum absolute atomic E-state index is 0.0163. The average Bonchev–Trinajstić information content (AvgIpc) is 3.33. The zero-order chi connectivity index (χ0) is 18.6. The monoisotopic (exact) mass is 374 g/mol. The lowest BCUT2D eigenvalue weighted by atomic mass is 10.0. The van der Waals surface area contributed by atoms with Crippen LogP contribution in [0.4, 0.5) is 4.39 Å². The van der Waals surface area contributed by atoms with Crippen molar-refractivity contribution in [1.82, 2.24) is 30.0 Å². The summed E-state index contributed by atoms with van der Waals surface area (Å²) in [6.45, 7) is 4.48. The van der Waals surface area contributed by atoms with Crippen molar-refractivity contribution in [3.05, 3.63) is 41.5 Å². The topological polar surface area (TPSA) is 76.4 Å². The Bertz CT molecular complexity index is 774. The van der Waals surface area contributed by atoms with Crippen LogP contribution in [0.5, 0.6) is 0 Å². The van der Waals surface area contributed by atoms with Gasteiger partial charge in [0.15, 0.2) is 5.82 Å². The number of halogens is 1. The van der Waals surface area contributed by atoms with Crippen LogP contribution in [0.2, 0.25) is 0 Å². The summed E-state index contributed by atoms with van der Waals surface area (Å²) in [5.74, 6) is 0.399. The van der Waals surface area contributed by atoms with Crippen LogP contribution in [0, 0.1) is 5.82 Å². The summed E-state index contributed by atoms with van der Waals surface area (Å²) in [5, 5.41) is 11.8. The molecule has 1 amide bonds. The van der Waals surface area contributed by atoms with E-state index in [4.69, 9.17) is 4.74 Å². The van der Waals surface area contributed by atoms with Crippen LogP contribution in [-0.4, -0.2) is 68.8 Å². The van der Waals surface area contributed by atoms with Gasteiger partial charge in [0.05, 0.1) is 25.8 Å². The maximum Gasteiger partial charge on any atom is 0.244 e. The lowest BCUT2D eigenvalue weighted by molar-refractivity contribution is -0.133. The third kappa shape index (κ3) is 4.14. The van der Waals surface area contributed by atoms with Gasteiger partial charge in [0.2, 0.25) is 5.91 Å². The molecule has 9 heteroatoms. The number of hydrogen-bond donors (Lipinski definition) is 0. The Labute approximate surface area is 156 Å². The summed E-state index contributed by atoms with van der Waals surface area (Å²) >= 11 is 0. The smallest absolute Gasteiger partial charge is 0.244 e. The van der Waals surface area contributed by atoms with Crippen LogP contribution in [-0.2, 0) is 22.6 Å². The Morgan fingerprint density at radius 2 is 1.96 bits per heavy atom. The minimum Gasteiger partial charge on any atom is -0.379 e. The molecule has 8 nitrogen and oxygen atoms in total. The largest absolute Gasteiger partial charge is 0.379 e. The van der Waals surface area contributed by atoms with Crippen LogP contribution >= 0.6 is 0 Å². The van der Waals surface area contributed by atoms with E-state index in [1.807, 2.05) is 4.90 Å². The molecule has 0 radical (unpaired) electrons. The van der Waals surface area contributed by atoms with Gasteiger partial charge >= 0.3 is 0 Å². The average molecular weight is 374 g/mol. The van der Waals surface area contributed by atoms with Crippen LogP contribution < -0.4 is 0 Å². The minimum atomic E-state index is -0.268. The molecule has 2 aliphatic heterocycles. The highest BCUT2D eigenvalue weighted by atomic mass is 19.1. The van der Waals surface area contributed by atoms with Crippen molar-refractivity contribution in [2.24, 2.45) is 0 Å². The number of carbonyl (C=O) groups is 1. The van der Waals surface area contributed by atoms with E-state index in [2.05, 4.69) is 20.4 Å². The number of likely N-dealkylation sites (tertiary alicyclic amines) is 1. The van der Waals surface area contributed by atoms with Crippen LogP contribution in [0.25, 0.3) is 0 Å². The molecule has 0 unspecified atom stereocenters. The molecule has 1 aromatic heterocycles. The Morgan fingerprint density at radius 3 is 2.74 bits per heavy atom. The molecule has 0 bridgehead atoms. The maximum absolute atomic E-state index is 13.2. The molecule has 1 atom stereocenters. The van der Waals surface area contributed by atoms with E-state index in [9.17, 15) is 9.18 Å². The summed E-state index contributed by atoms with van der Waals surface area (Å²) in [5.41, 5.74) is 0.965. The second-order valence-corrected chi connectivity index (χ2v) is 6.94. The SMILES string of the molecule is O=C(Cn1nnnc1CN1CCOCC1)N1CCC[C@@H]1c1ccc(F)cc1.